The highest BCUT2D eigenvalue weighted by molar-refractivity contribution is 5.90. The van der Waals surface area contributed by atoms with Gasteiger partial charge in [-0.05, 0) is 6.07 Å². The number of imidazole rings is 1. The van der Waals surface area contributed by atoms with Crippen molar-refractivity contribution in [3.05, 3.63) is 28.5 Å². The minimum Gasteiger partial charge on any atom is -0.481 e. The second-order valence-corrected chi connectivity index (χ2v) is 3.96. The number of hydrogen-bond donors (Lipinski definition) is 3. The fourth-order valence-corrected chi connectivity index (χ4v) is 1.85. The Kier molecular flexibility index (Phi) is 2.19. The Morgan fingerprint density at radius 1 is 1.33 bits per heavy atom. The molecular formula is C11H9N3O4. The van der Waals surface area contributed by atoms with Gasteiger partial charge >= 0.3 is 11.7 Å². The molecule has 7 heteroatoms. The van der Waals surface area contributed by atoms with Gasteiger partial charge < -0.3 is 14.5 Å². The van der Waals surface area contributed by atoms with Gasteiger partial charge in [0.15, 0.2) is 5.58 Å². The summed E-state index contributed by atoms with van der Waals surface area (Å²) in [6.07, 6.45) is 0.356. The lowest BCUT2D eigenvalue weighted by Gasteiger charge is -1.90. The summed E-state index contributed by atoms with van der Waals surface area (Å²) < 4.78 is 4.92. The van der Waals surface area contributed by atoms with Crippen LogP contribution in [0.5, 0.6) is 0 Å². The largest absolute Gasteiger partial charge is 0.481 e. The number of hydrogen-bond acceptors (Lipinski definition) is 4. The molecule has 3 rings (SSSR count). The second kappa shape index (κ2) is 3.73. The maximum atomic E-state index is 11.0. The molecule has 1 aromatic carbocycles. The summed E-state index contributed by atoms with van der Waals surface area (Å²) in [6.45, 7) is 0. The lowest BCUT2D eigenvalue weighted by atomic mass is 10.3. The van der Waals surface area contributed by atoms with Crippen LogP contribution < -0.4 is 5.76 Å². The minimum atomic E-state index is -0.867. The summed E-state index contributed by atoms with van der Waals surface area (Å²) >= 11 is 0. The molecule has 0 aliphatic heterocycles. The van der Waals surface area contributed by atoms with Gasteiger partial charge in [-0.25, -0.2) is 9.78 Å². The van der Waals surface area contributed by atoms with Gasteiger partial charge in [0.25, 0.3) is 0 Å². The maximum absolute atomic E-state index is 11.0. The van der Waals surface area contributed by atoms with Crippen molar-refractivity contribution in [3.63, 3.8) is 0 Å². The van der Waals surface area contributed by atoms with Crippen molar-refractivity contribution in [2.24, 2.45) is 0 Å². The number of carboxylic acid groups (broad SMARTS) is 1. The molecule has 2 aromatic heterocycles. The summed E-state index contributed by atoms with van der Waals surface area (Å²) in [5.74, 6) is -0.778. The number of carbonyl (C=O) groups is 1. The van der Waals surface area contributed by atoms with Gasteiger partial charge in [0, 0.05) is 12.5 Å². The van der Waals surface area contributed by atoms with E-state index >= 15 is 0 Å². The highest BCUT2D eigenvalue weighted by Gasteiger charge is 2.08. The molecule has 0 saturated carbocycles. The van der Waals surface area contributed by atoms with Crippen LogP contribution in [-0.4, -0.2) is 26.0 Å². The molecule has 0 aliphatic rings. The monoisotopic (exact) mass is 247 g/mol. The first-order valence-electron chi connectivity index (χ1n) is 5.35. The molecule has 0 radical (unpaired) electrons. The lowest BCUT2D eigenvalue weighted by Crippen LogP contribution is -1.98. The Morgan fingerprint density at radius 3 is 2.94 bits per heavy atom. The molecule has 0 aliphatic carbocycles. The van der Waals surface area contributed by atoms with Crippen molar-refractivity contribution >= 4 is 28.1 Å². The Bertz CT molecular complexity index is 741. The molecule has 92 valence electrons. The topological polar surface area (TPSA) is 112 Å². The number of aliphatic carboxylic acids is 1. The number of H-pyrrole nitrogens is 2. The first kappa shape index (κ1) is 10.6. The number of nitrogens with one attached hydrogen (secondary N) is 2. The summed E-state index contributed by atoms with van der Waals surface area (Å²) in [6, 6.07) is 3.36. The van der Waals surface area contributed by atoms with Gasteiger partial charge in [0.2, 0.25) is 0 Å². The average molecular weight is 247 g/mol. The van der Waals surface area contributed by atoms with Crippen LogP contribution in [0.25, 0.3) is 22.1 Å². The predicted octanol–water partition coefficient (Wildman–Crippen LogP) is 1.01. The van der Waals surface area contributed by atoms with Crippen LogP contribution in [0.15, 0.2) is 21.3 Å². The number of benzene rings is 1. The summed E-state index contributed by atoms with van der Waals surface area (Å²) in [4.78, 5) is 31.3. The number of oxazole rings is 1. The fourth-order valence-electron chi connectivity index (χ4n) is 1.85. The van der Waals surface area contributed by atoms with E-state index in [2.05, 4.69) is 15.0 Å². The Labute approximate surface area is 99.4 Å². The molecule has 18 heavy (non-hydrogen) atoms. The van der Waals surface area contributed by atoms with Gasteiger partial charge in [-0.1, -0.05) is 0 Å². The smallest absolute Gasteiger partial charge is 0.417 e. The maximum Gasteiger partial charge on any atom is 0.417 e. The van der Waals surface area contributed by atoms with Crippen molar-refractivity contribution in [2.45, 2.75) is 12.8 Å². The van der Waals surface area contributed by atoms with E-state index in [1.165, 1.54) is 0 Å². The third-order valence-electron chi connectivity index (χ3n) is 2.65. The van der Waals surface area contributed by atoms with Crippen LogP contribution in [0, 0.1) is 0 Å². The first-order valence-corrected chi connectivity index (χ1v) is 5.35. The van der Waals surface area contributed by atoms with Gasteiger partial charge in [-0.2, -0.15) is 0 Å². The highest BCUT2D eigenvalue weighted by atomic mass is 16.4. The molecule has 0 atom stereocenters. The molecule has 0 saturated heterocycles. The Morgan fingerprint density at radius 2 is 2.17 bits per heavy atom. The van der Waals surface area contributed by atoms with Gasteiger partial charge in [-0.3, -0.25) is 9.78 Å². The Hall–Kier alpha value is -2.57. The van der Waals surface area contributed by atoms with E-state index in [-0.39, 0.29) is 6.42 Å². The standard InChI is InChI=1S/C11H9N3O4/c15-10(16)2-1-9-12-5-3-7-8(4-6(5)13-9)18-11(17)14-7/h3-4H,1-2H2,(H,12,13)(H,14,17)(H,15,16). The van der Waals surface area contributed by atoms with Crippen LogP contribution in [-0.2, 0) is 11.2 Å². The van der Waals surface area contributed by atoms with E-state index in [0.717, 1.165) is 5.52 Å². The predicted molar refractivity (Wildman–Crippen MR) is 62.4 cm³/mol. The van der Waals surface area contributed by atoms with E-state index in [0.29, 0.717) is 28.9 Å². The van der Waals surface area contributed by atoms with Crippen molar-refractivity contribution in [2.75, 3.05) is 0 Å². The third kappa shape index (κ3) is 1.75. The van der Waals surface area contributed by atoms with Crippen molar-refractivity contribution in [1.29, 1.82) is 0 Å². The number of carboxylic acids is 1. The average Bonchev–Trinajstić information content (AvgIpc) is 2.83. The molecule has 3 aromatic rings. The van der Waals surface area contributed by atoms with Crippen LogP contribution >= 0.6 is 0 Å². The summed E-state index contributed by atoms with van der Waals surface area (Å²) in [7, 11) is 0. The summed E-state index contributed by atoms with van der Waals surface area (Å²) in [5, 5.41) is 8.61. The van der Waals surface area contributed by atoms with E-state index in [4.69, 9.17) is 9.52 Å². The van der Waals surface area contributed by atoms with Crippen molar-refractivity contribution in [3.8, 4) is 0 Å². The van der Waals surface area contributed by atoms with E-state index in [9.17, 15) is 9.59 Å². The zero-order chi connectivity index (χ0) is 12.7. The van der Waals surface area contributed by atoms with Crippen molar-refractivity contribution in [1.82, 2.24) is 15.0 Å². The van der Waals surface area contributed by atoms with Crippen LogP contribution in [0.4, 0.5) is 0 Å². The zero-order valence-corrected chi connectivity index (χ0v) is 9.19. The van der Waals surface area contributed by atoms with Crippen LogP contribution in [0.1, 0.15) is 12.2 Å². The molecule has 0 fully saturated rings. The van der Waals surface area contributed by atoms with Gasteiger partial charge in [0.1, 0.15) is 5.82 Å². The number of rotatable bonds is 3. The number of fused-ring (bicyclic) bond motifs is 2. The quantitative estimate of drug-likeness (QED) is 0.639. The number of nitrogens with zero attached hydrogens (tertiary/aromatic N) is 1. The van der Waals surface area contributed by atoms with Crippen molar-refractivity contribution < 1.29 is 14.3 Å². The Balaban J connectivity index is 2.06. The number of aryl methyl sites for hydroxylation is 1. The van der Waals surface area contributed by atoms with Gasteiger partial charge in [0.05, 0.1) is 23.0 Å². The number of aromatic nitrogens is 3. The normalized spacial score (nSPS) is 11.3. The highest BCUT2D eigenvalue weighted by Crippen LogP contribution is 2.19. The molecule has 0 amide bonds. The van der Waals surface area contributed by atoms with Crippen LogP contribution in [0.3, 0.4) is 0 Å². The lowest BCUT2D eigenvalue weighted by molar-refractivity contribution is -0.137. The molecular weight excluding hydrogens is 238 g/mol. The van der Waals surface area contributed by atoms with Gasteiger partial charge in [-0.15, -0.1) is 0 Å². The van der Waals surface area contributed by atoms with Crippen LogP contribution in [0.2, 0.25) is 0 Å². The summed E-state index contributed by atoms with van der Waals surface area (Å²) in [5.41, 5.74) is 2.40. The molecule has 0 bridgehead atoms. The van der Waals surface area contributed by atoms with E-state index in [1.54, 1.807) is 12.1 Å². The SMILES string of the molecule is O=C(O)CCc1nc2cc3oc(=O)[nH]c3cc2[nH]1. The molecule has 2 heterocycles. The second-order valence-electron chi connectivity index (χ2n) is 3.96. The molecule has 0 unspecified atom stereocenters. The fraction of sp³-hybridized carbons (Fsp3) is 0.182. The molecule has 0 spiro atoms. The zero-order valence-electron chi connectivity index (χ0n) is 9.19. The van der Waals surface area contributed by atoms with E-state index in [1.807, 2.05) is 0 Å². The number of aromatic amines is 2. The first-order chi connectivity index (χ1) is 8.61. The van der Waals surface area contributed by atoms with E-state index < -0.39 is 11.7 Å². The molecule has 3 N–H and O–H groups in total. The minimum absolute atomic E-state index is 0.0206. The molecule has 7 nitrogen and oxygen atoms in total. The third-order valence-corrected chi connectivity index (χ3v) is 2.65.